The van der Waals surface area contributed by atoms with Crippen molar-refractivity contribution < 1.29 is 13.9 Å². The number of furan rings is 1. The third-order valence-corrected chi connectivity index (χ3v) is 4.26. The second-order valence-electron chi connectivity index (χ2n) is 6.78. The van der Waals surface area contributed by atoms with Crippen LogP contribution >= 0.6 is 0 Å². The van der Waals surface area contributed by atoms with Crippen LogP contribution in [0.2, 0.25) is 0 Å². The van der Waals surface area contributed by atoms with Gasteiger partial charge in [-0.05, 0) is 32.9 Å². The lowest BCUT2D eigenvalue weighted by atomic mass is 10.0. The van der Waals surface area contributed by atoms with Crippen molar-refractivity contribution in [2.45, 2.75) is 32.9 Å². The lowest BCUT2D eigenvalue weighted by Gasteiger charge is -2.22. The average Bonchev–Trinajstić information content (AvgIpc) is 3.37. The summed E-state index contributed by atoms with van der Waals surface area (Å²) in [6.45, 7) is 6.92. The molecule has 148 valence electrons. The monoisotopic (exact) mass is 382 g/mol. The lowest BCUT2D eigenvalue weighted by Crippen LogP contribution is -2.44. The Labute approximate surface area is 164 Å². The molecule has 0 radical (unpaired) electrons. The Morgan fingerprint density at radius 1 is 1.21 bits per heavy atom. The number of guanidine groups is 1. The van der Waals surface area contributed by atoms with E-state index >= 15 is 0 Å². The number of benzene rings is 1. The van der Waals surface area contributed by atoms with Crippen molar-refractivity contribution in [1.29, 1.82) is 0 Å². The summed E-state index contributed by atoms with van der Waals surface area (Å²) in [6.07, 6.45) is 3.24. The van der Waals surface area contributed by atoms with Gasteiger partial charge in [0.25, 0.3) is 0 Å². The fourth-order valence-electron chi connectivity index (χ4n) is 2.65. The molecular formula is C21H26N4O3. The van der Waals surface area contributed by atoms with Crippen LogP contribution in [0.15, 0.2) is 62.7 Å². The van der Waals surface area contributed by atoms with Gasteiger partial charge in [0.05, 0.1) is 19.0 Å². The van der Waals surface area contributed by atoms with Crippen molar-refractivity contribution in [3.63, 3.8) is 0 Å². The van der Waals surface area contributed by atoms with Gasteiger partial charge in [-0.2, -0.15) is 0 Å². The summed E-state index contributed by atoms with van der Waals surface area (Å²) < 4.78 is 11.1. The van der Waals surface area contributed by atoms with Crippen molar-refractivity contribution in [1.82, 2.24) is 15.6 Å². The molecule has 1 unspecified atom stereocenters. The van der Waals surface area contributed by atoms with E-state index in [2.05, 4.69) is 20.6 Å². The summed E-state index contributed by atoms with van der Waals surface area (Å²) in [5.41, 5.74) is 1.02. The zero-order valence-corrected chi connectivity index (χ0v) is 16.4. The molecule has 0 aliphatic rings. The summed E-state index contributed by atoms with van der Waals surface area (Å²) >= 11 is 0. The minimum Gasteiger partial charge on any atom is -0.466 e. The number of rotatable bonds is 7. The van der Waals surface area contributed by atoms with Crippen LogP contribution in [0, 0.1) is 6.92 Å². The Bertz CT molecular complexity index is 896. The molecule has 0 amide bonds. The quantitative estimate of drug-likeness (QED) is 0.429. The molecule has 3 rings (SSSR count). The van der Waals surface area contributed by atoms with Gasteiger partial charge >= 0.3 is 0 Å². The van der Waals surface area contributed by atoms with Gasteiger partial charge in [-0.15, -0.1) is 0 Å². The van der Waals surface area contributed by atoms with Crippen molar-refractivity contribution >= 4 is 5.96 Å². The highest BCUT2D eigenvalue weighted by Gasteiger charge is 2.26. The second kappa shape index (κ2) is 8.75. The molecule has 2 heterocycles. The molecule has 0 spiro atoms. The molecule has 2 aromatic heterocycles. The van der Waals surface area contributed by atoms with Gasteiger partial charge in [-0.1, -0.05) is 29.8 Å². The molecule has 3 N–H and O–H groups in total. The Hall–Kier alpha value is -3.06. The molecule has 7 nitrogen and oxygen atoms in total. The van der Waals surface area contributed by atoms with Crippen LogP contribution in [0.4, 0.5) is 0 Å². The maximum atomic E-state index is 10.6. The molecule has 28 heavy (non-hydrogen) atoms. The van der Waals surface area contributed by atoms with Gasteiger partial charge in [0.15, 0.2) is 11.7 Å². The van der Waals surface area contributed by atoms with Crippen molar-refractivity contribution in [2.24, 2.45) is 4.99 Å². The number of oxazole rings is 1. The summed E-state index contributed by atoms with van der Waals surface area (Å²) in [5, 5.41) is 16.8. The molecule has 0 saturated heterocycles. The van der Waals surface area contributed by atoms with Crippen LogP contribution in [-0.2, 0) is 12.1 Å². The molecular weight excluding hydrogens is 356 g/mol. The van der Waals surface area contributed by atoms with E-state index in [1.54, 1.807) is 25.3 Å². The van der Waals surface area contributed by atoms with E-state index in [0.29, 0.717) is 29.9 Å². The summed E-state index contributed by atoms with van der Waals surface area (Å²) in [4.78, 5) is 8.79. The number of hydrogen-bond acceptors (Lipinski definition) is 5. The molecule has 1 aromatic carbocycles. The van der Waals surface area contributed by atoms with Crippen LogP contribution in [0.1, 0.15) is 31.1 Å². The highest BCUT2D eigenvalue weighted by atomic mass is 16.4. The second-order valence-corrected chi connectivity index (χ2v) is 6.78. The number of nitrogens with one attached hydrogen (secondary N) is 2. The number of hydrogen-bond donors (Lipinski definition) is 3. The topological polar surface area (TPSA) is 95.8 Å². The highest BCUT2D eigenvalue weighted by Crippen LogP contribution is 2.21. The molecule has 0 bridgehead atoms. The van der Waals surface area contributed by atoms with Crippen molar-refractivity contribution in [3.05, 3.63) is 66.1 Å². The lowest BCUT2D eigenvalue weighted by molar-refractivity contribution is 0.0386. The molecule has 0 saturated carbocycles. The smallest absolute Gasteiger partial charge is 0.216 e. The standard InChI is InChI=1S/C21H26N4O3/c1-4-22-20(25-14-21(3,26)18-6-5-11-27-18)24-13-19-23-12-17(28-19)16-9-7-15(2)8-10-16/h5-12,26H,4,13-14H2,1-3H3,(H2,22,24,25). The Morgan fingerprint density at radius 2 is 2.00 bits per heavy atom. The number of aromatic nitrogens is 1. The normalized spacial score (nSPS) is 13.9. The summed E-state index contributed by atoms with van der Waals surface area (Å²) in [6, 6.07) is 11.6. The van der Waals surface area contributed by atoms with E-state index in [-0.39, 0.29) is 13.1 Å². The van der Waals surface area contributed by atoms with Gasteiger partial charge in [0, 0.05) is 12.1 Å². The van der Waals surface area contributed by atoms with Gasteiger partial charge in [-0.25, -0.2) is 9.98 Å². The van der Waals surface area contributed by atoms with Gasteiger partial charge in [0.2, 0.25) is 5.89 Å². The van der Waals surface area contributed by atoms with Crippen molar-refractivity contribution in [3.8, 4) is 11.3 Å². The first-order valence-electron chi connectivity index (χ1n) is 9.28. The van der Waals surface area contributed by atoms with Crippen LogP contribution in [-0.4, -0.2) is 29.1 Å². The van der Waals surface area contributed by atoms with Crippen LogP contribution in [0.3, 0.4) is 0 Å². The first-order valence-corrected chi connectivity index (χ1v) is 9.28. The first-order chi connectivity index (χ1) is 13.5. The first kappa shape index (κ1) is 19.7. The Balaban J connectivity index is 1.63. The van der Waals surface area contributed by atoms with Crippen LogP contribution in [0.5, 0.6) is 0 Å². The Morgan fingerprint density at radius 3 is 2.68 bits per heavy atom. The predicted octanol–water partition coefficient (Wildman–Crippen LogP) is 3.21. The molecule has 0 fully saturated rings. The fraction of sp³-hybridized carbons (Fsp3) is 0.333. The summed E-state index contributed by atoms with van der Waals surface area (Å²) in [5.74, 6) is 2.28. The maximum absolute atomic E-state index is 10.6. The molecule has 1 atom stereocenters. The third-order valence-electron chi connectivity index (χ3n) is 4.26. The number of aliphatic hydroxyl groups is 1. The minimum atomic E-state index is -1.15. The largest absolute Gasteiger partial charge is 0.466 e. The SMILES string of the molecule is CCNC(=NCc1ncc(-c2ccc(C)cc2)o1)NCC(C)(O)c1ccco1. The van der Waals surface area contributed by atoms with E-state index in [4.69, 9.17) is 8.83 Å². The van der Waals surface area contributed by atoms with E-state index < -0.39 is 5.60 Å². The predicted molar refractivity (Wildman–Crippen MR) is 108 cm³/mol. The van der Waals surface area contributed by atoms with E-state index in [1.165, 1.54) is 11.8 Å². The number of aliphatic imine (C=N–C) groups is 1. The van der Waals surface area contributed by atoms with E-state index in [9.17, 15) is 5.11 Å². The van der Waals surface area contributed by atoms with E-state index in [1.807, 2.05) is 38.1 Å². The van der Waals surface area contributed by atoms with Crippen LogP contribution < -0.4 is 10.6 Å². The number of aryl methyl sites for hydroxylation is 1. The number of nitrogens with zero attached hydrogens (tertiary/aromatic N) is 2. The highest BCUT2D eigenvalue weighted by molar-refractivity contribution is 5.79. The van der Waals surface area contributed by atoms with Crippen molar-refractivity contribution in [2.75, 3.05) is 13.1 Å². The van der Waals surface area contributed by atoms with Gasteiger partial charge < -0.3 is 24.6 Å². The van der Waals surface area contributed by atoms with Crippen LogP contribution in [0.25, 0.3) is 11.3 Å². The molecule has 0 aliphatic carbocycles. The Kier molecular flexibility index (Phi) is 6.16. The maximum Gasteiger partial charge on any atom is 0.216 e. The van der Waals surface area contributed by atoms with Gasteiger partial charge in [-0.3, -0.25) is 0 Å². The summed E-state index contributed by atoms with van der Waals surface area (Å²) in [7, 11) is 0. The average molecular weight is 382 g/mol. The van der Waals surface area contributed by atoms with E-state index in [0.717, 1.165) is 5.56 Å². The molecule has 7 heteroatoms. The minimum absolute atomic E-state index is 0.243. The zero-order chi connectivity index (χ0) is 20.0. The van der Waals surface area contributed by atoms with Gasteiger partial charge in [0.1, 0.15) is 17.9 Å². The zero-order valence-electron chi connectivity index (χ0n) is 16.4. The fourth-order valence-corrected chi connectivity index (χ4v) is 2.65. The molecule has 3 aromatic rings. The molecule has 0 aliphatic heterocycles. The third kappa shape index (κ3) is 5.01.